The Bertz CT molecular complexity index is 566. The normalized spacial score (nSPS) is 12.2. The van der Waals surface area contributed by atoms with Gasteiger partial charge in [0.2, 0.25) is 0 Å². The maximum atomic E-state index is 13.4. The molecule has 2 aromatic rings. The van der Waals surface area contributed by atoms with E-state index in [9.17, 15) is 4.39 Å². The summed E-state index contributed by atoms with van der Waals surface area (Å²) in [6.07, 6.45) is 0. The molecular weight excluding hydrogens is 263 g/mol. The lowest BCUT2D eigenvalue weighted by atomic mass is 10.1. The second-order valence-electron chi connectivity index (χ2n) is 5.10. The molecule has 1 atom stereocenters. The fraction of sp³-hybridized carbons (Fsp3) is 0.333. The monoisotopic (exact) mass is 286 g/mol. The van der Waals surface area contributed by atoms with Crippen LogP contribution in [-0.2, 0) is 0 Å². The summed E-state index contributed by atoms with van der Waals surface area (Å²) in [6.45, 7) is 8.08. The second-order valence-corrected chi connectivity index (χ2v) is 5.10. The van der Waals surface area contributed by atoms with Crippen LogP contribution in [0, 0.1) is 5.82 Å². The van der Waals surface area contributed by atoms with E-state index in [-0.39, 0.29) is 5.82 Å². The molecule has 0 bridgehead atoms. The van der Waals surface area contributed by atoms with Gasteiger partial charge in [0.05, 0.1) is 0 Å². The zero-order chi connectivity index (χ0) is 15.2. The Morgan fingerprint density at radius 2 is 1.76 bits per heavy atom. The molecule has 0 heterocycles. The van der Waals surface area contributed by atoms with Crippen LogP contribution < -0.4 is 10.2 Å². The van der Waals surface area contributed by atoms with Crippen molar-refractivity contribution in [2.45, 2.75) is 26.8 Å². The van der Waals surface area contributed by atoms with Gasteiger partial charge in [-0.1, -0.05) is 25.1 Å². The lowest BCUT2D eigenvalue weighted by molar-refractivity contribution is 0.598. The highest BCUT2D eigenvalue weighted by Gasteiger charge is 2.09. The van der Waals surface area contributed by atoms with Gasteiger partial charge in [0.25, 0.3) is 0 Å². The van der Waals surface area contributed by atoms with E-state index in [4.69, 9.17) is 0 Å². The maximum Gasteiger partial charge on any atom is 0.125 e. The van der Waals surface area contributed by atoms with Crippen molar-refractivity contribution >= 4 is 11.4 Å². The van der Waals surface area contributed by atoms with Crippen molar-refractivity contribution in [3.05, 3.63) is 59.9 Å². The third-order valence-electron chi connectivity index (χ3n) is 3.65. The zero-order valence-electron chi connectivity index (χ0n) is 12.9. The number of hydrogen-bond donors (Lipinski definition) is 1. The maximum absolute atomic E-state index is 13.4. The molecule has 1 N–H and O–H groups in total. The van der Waals surface area contributed by atoms with E-state index in [1.165, 1.54) is 11.6 Å². The molecule has 0 aliphatic carbocycles. The largest absolute Gasteiger partial charge is 0.342 e. The molecule has 21 heavy (non-hydrogen) atoms. The van der Waals surface area contributed by atoms with Crippen LogP contribution in [0.25, 0.3) is 0 Å². The van der Waals surface area contributed by atoms with Gasteiger partial charge in [-0.3, -0.25) is 0 Å². The molecule has 0 spiro atoms. The van der Waals surface area contributed by atoms with Crippen molar-refractivity contribution in [2.24, 2.45) is 0 Å². The van der Waals surface area contributed by atoms with Crippen LogP contribution in [0.1, 0.15) is 32.4 Å². The molecule has 2 rings (SSSR count). The molecule has 0 aliphatic rings. The van der Waals surface area contributed by atoms with Gasteiger partial charge in [0.1, 0.15) is 5.82 Å². The Labute approximate surface area is 126 Å². The molecule has 0 aliphatic heterocycles. The number of benzene rings is 2. The van der Waals surface area contributed by atoms with E-state index in [2.05, 4.69) is 55.3 Å². The molecule has 112 valence electrons. The number of nitrogens with one attached hydrogen (secondary N) is 1. The summed E-state index contributed by atoms with van der Waals surface area (Å²) < 4.78 is 13.4. The van der Waals surface area contributed by atoms with Crippen LogP contribution in [0.15, 0.2) is 48.5 Å². The van der Waals surface area contributed by atoms with Gasteiger partial charge in [-0.15, -0.1) is 0 Å². The molecule has 0 saturated heterocycles. The van der Waals surface area contributed by atoms with Crippen molar-refractivity contribution in [2.75, 3.05) is 18.0 Å². The summed E-state index contributed by atoms with van der Waals surface area (Å²) in [5.74, 6) is -0.205. The lowest BCUT2D eigenvalue weighted by Crippen LogP contribution is -2.18. The average molecular weight is 286 g/mol. The van der Waals surface area contributed by atoms with Gasteiger partial charge in [0.15, 0.2) is 0 Å². The molecule has 0 aromatic heterocycles. The molecule has 0 saturated carbocycles. The van der Waals surface area contributed by atoms with E-state index in [1.54, 1.807) is 12.1 Å². The van der Waals surface area contributed by atoms with Gasteiger partial charge in [0, 0.05) is 24.0 Å². The third-order valence-corrected chi connectivity index (χ3v) is 3.65. The van der Waals surface area contributed by atoms with Gasteiger partial charge in [-0.05, 0) is 56.3 Å². The first-order valence-electron chi connectivity index (χ1n) is 7.52. The summed E-state index contributed by atoms with van der Waals surface area (Å²) in [5.41, 5.74) is 3.22. The molecule has 1 unspecified atom stereocenters. The Morgan fingerprint density at radius 3 is 2.33 bits per heavy atom. The molecular formula is C18H23FN2. The van der Waals surface area contributed by atoms with Crippen molar-refractivity contribution in [3.63, 3.8) is 0 Å². The van der Waals surface area contributed by atoms with Crippen LogP contribution in [0.4, 0.5) is 15.8 Å². The van der Waals surface area contributed by atoms with Crippen LogP contribution in [0.2, 0.25) is 0 Å². The zero-order valence-corrected chi connectivity index (χ0v) is 12.9. The van der Waals surface area contributed by atoms with Gasteiger partial charge >= 0.3 is 0 Å². The predicted molar refractivity (Wildman–Crippen MR) is 87.6 cm³/mol. The molecule has 2 aromatic carbocycles. The summed E-state index contributed by atoms with van der Waals surface area (Å²) in [6, 6.07) is 15.5. The Kier molecular flexibility index (Phi) is 5.34. The Hall–Kier alpha value is -1.87. The van der Waals surface area contributed by atoms with E-state index >= 15 is 0 Å². The minimum atomic E-state index is -0.205. The van der Waals surface area contributed by atoms with Gasteiger partial charge < -0.3 is 10.2 Å². The molecule has 0 amide bonds. The smallest absolute Gasteiger partial charge is 0.125 e. The van der Waals surface area contributed by atoms with E-state index in [0.717, 1.165) is 24.5 Å². The van der Waals surface area contributed by atoms with Gasteiger partial charge in [-0.25, -0.2) is 4.39 Å². The highest BCUT2D eigenvalue weighted by Crippen LogP contribution is 2.26. The number of hydrogen-bond acceptors (Lipinski definition) is 2. The van der Waals surface area contributed by atoms with Gasteiger partial charge in [-0.2, -0.15) is 0 Å². The third kappa shape index (κ3) is 3.82. The predicted octanol–water partition coefficient (Wildman–Crippen LogP) is 4.65. The van der Waals surface area contributed by atoms with Crippen LogP contribution >= 0.6 is 0 Å². The highest BCUT2D eigenvalue weighted by molar-refractivity contribution is 5.63. The minimum Gasteiger partial charge on any atom is -0.342 e. The van der Waals surface area contributed by atoms with Crippen LogP contribution in [0.3, 0.4) is 0 Å². The fourth-order valence-corrected chi connectivity index (χ4v) is 2.53. The van der Waals surface area contributed by atoms with Crippen molar-refractivity contribution < 1.29 is 4.39 Å². The van der Waals surface area contributed by atoms with Crippen LogP contribution in [-0.4, -0.2) is 13.1 Å². The van der Waals surface area contributed by atoms with E-state index in [1.807, 2.05) is 6.07 Å². The Balaban J connectivity index is 2.23. The second kappa shape index (κ2) is 7.23. The van der Waals surface area contributed by atoms with Crippen molar-refractivity contribution in [1.29, 1.82) is 0 Å². The summed E-state index contributed by atoms with van der Waals surface area (Å²) in [5, 5.41) is 3.40. The van der Waals surface area contributed by atoms with Crippen molar-refractivity contribution in [3.8, 4) is 0 Å². The number of anilines is 2. The molecule has 2 nitrogen and oxygen atoms in total. The Morgan fingerprint density at radius 1 is 1.05 bits per heavy atom. The van der Waals surface area contributed by atoms with E-state index in [0.29, 0.717) is 6.04 Å². The number of rotatable bonds is 6. The standard InChI is InChI=1S/C18H23FN2/c1-4-20-14(3)15-9-11-17(12-10-15)21(5-2)18-8-6-7-16(19)13-18/h6-14,20H,4-5H2,1-3H3. The molecule has 3 heteroatoms. The van der Waals surface area contributed by atoms with Crippen molar-refractivity contribution in [1.82, 2.24) is 5.32 Å². The quantitative estimate of drug-likeness (QED) is 0.831. The minimum absolute atomic E-state index is 0.205. The lowest BCUT2D eigenvalue weighted by Gasteiger charge is -2.24. The first kappa shape index (κ1) is 15.5. The summed E-state index contributed by atoms with van der Waals surface area (Å²) >= 11 is 0. The number of halogens is 1. The van der Waals surface area contributed by atoms with Crippen LogP contribution in [0.5, 0.6) is 0 Å². The first-order chi connectivity index (χ1) is 10.2. The fourth-order valence-electron chi connectivity index (χ4n) is 2.53. The summed E-state index contributed by atoms with van der Waals surface area (Å²) in [7, 11) is 0. The molecule has 0 fully saturated rings. The molecule has 0 radical (unpaired) electrons. The summed E-state index contributed by atoms with van der Waals surface area (Å²) in [4.78, 5) is 2.10. The van der Waals surface area contributed by atoms with E-state index < -0.39 is 0 Å². The first-order valence-corrected chi connectivity index (χ1v) is 7.52. The average Bonchev–Trinajstić information content (AvgIpc) is 2.49. The SMILES string of the molecule is CCNC(C)c1ccc(N(CC)c2cccc(F)c2)cc1. The number of nitrogens with zero attached hydrogens (tertiary/aromatic N) is 1. The topological polar surface area (TPSA) is 15.3 Å². The highest BCUT2D eigenvalue weighted by atomic mass is 19.1.